The van der Waals surface area contributed by atoms with Crippen LogP contribution in [0.15, 0.2) is 4.99 Å². The second-order valence-electron chi connectivity index (χ2n) is 7.51. The van der Waals surface area contributed by atoms with Crippen molar-refractivity contribution < 1.29 is 44.1 Å². The number of amides is 4. The van der Waals surface area contributed by atoms with E-state index >= 15 is 0 Å². The summed E-state index contributed by atoms with van der Waals surface area (Å²) in [4.78, 5) is 74.8. The molecular formula is C18H32N8O9. The van der Waals surface area contributed by atoms with E-state index in [0.717, 1.165) is 0 Å². The molecule has 14 N–H and O–H groups in total. The Hall–Kier alpha value is -3.99. The summed E-state index contributed by atoms with van der Waals surface area (Å²) < 4.78 is 0. The Morgan fingerprint density at radius 1 is 0.829 bits per heavy atom. The van der Waals surface area contributed by atoms with E-state index in [1.165, 1.54) is 6.92 Å². The molecule has 4 amide bonds. The minimum Gasteiger partial charge on any atom is -0.481 e. The van der Waals surface area contributed by atoms with Crippen LogP contribution in [0.4, 0.5) is 0 Å². The summed E-state index contributed by atoms with van der Waals surface area (Å²) in [6.45, 7) is 1.31. The monoisotopic (exact) mass is 504 g/mol. The van der Waals surface area contributed by atoms with E-state index in [0.29, 0.717) is 0 Å². The van der Waals surface area contributed by atoms with Crippen molar-refractivity contribution in [2.24, 2.45) is 27.9 Å². The smallest absolute Gasteiger partial charge is 0.326 e. The van der Waals surface area contributed by atoms with Crippen LogP contribution in [0.3, 0.4) is 0 Å². The highest BCUT2D eigenvalue weighted by Crippen LogP contribution is 2.04. The van der Waals surface area contributed by atoms with Crippen LogP contribution >= 0.6 is 0 Å². The van der Waals surface area contributed by atoms with Gasteiger partial charge in [-0.2, -0.15) is 0 Å². The molecule has 0 aliphatic heterocycles. The van der Waals surface area contributed by atoms with E-state index in [2.05, 4.69) is 15.6 Å². The number of hydrogen-bond donors (Lipinski definition) is 10. The van der Waals surface area contributed by atoms with Gasteiger partial charge in [0.1, 0.15) is 24.2 Å². The number of carboxylic acid groups (broad SMARTS) is 2. The molecule has 17 nitrogen and oxygen atoms in total. The van der Waals surface area contributed by atoms with Crippen molar-refractivity contribution in [3.63, 3.8) is 0 Å². The third-order valence-electron chi connectivity index (χ3n) is 4.43. The fourth-order valence-corrected chi connectivity index (χ4v) is 2.59. The quantitative estimate of drug-likeness (QED) is 0.0535. The molecule has 0 bridgehead atoms. The normalized spacial score (nSPS) is 14.8. The molecule has 0 saturated heterocycles. The topological polar surface area (TPSA) is 316 Å². The van der Waals surface area contributed by atoms with Crippen molar-refractivity contribution in [1.82, 2.24) is 16.0 Å². The number of primary amides is 1. The summed E-state index contributed by atoms with van der Waals surface area (Å²) in [6, 6.07) is -6.30. The van der Waals surface area contributed by atoms with Gasteiger partial charge < -0.3 is 54.2 Å². The minimum atomic E-state index is -1.78. The molecular weight excluding hydrogens is 472 g/mol. The SMILES string of the molecule is CC(O)C(N)C(=O)NC(CCCN=C(N)N)C(=O)NC(CC(=O)O)C(=O)NC(CC(N)=O)C(=O)O. The number of carbonyl (C=O) groups is 6. The Bertz CT molecular complexity index is 829. The molecule has 0 aromatic carbocycles. The maximum atomic E-state index is 12.8. The highest BCUT2D eigenvalue weighted by atomic mass is 16.4. The molecule has 0 rings (SSSR count). The summed E-state index contributed by atoms with van der Waals surface area (Å²) in [5, 5.41) is 34.1. The van der Waals surface area contributed by atoms with Gasteiger partial charge in [0.15, 0.2) is 5.96 Å². The van der Waals surface area contributed by atoms with Gasteiger partial charge in [-0.25, -0.2) is 4.79 Å². The summed E-state index contributed by atoms with van der Waals surface area (Å²) in [7, 11) is 0. The third-order valence-corrected chi connectivity index (χ3v) is 4.43. The molecule has 0 saturated carbocycles. The number of guanidine groups is 1. The number of rotatable bonds is 16. The summed E-state index contributed by atoms with van der Waals surface area (Å²) in [5.74, 6) is -7.53. The first-order chi connectivity index (χ1) is 16.1. The molecule has 0 aliphatic carbocycles. The Kier molecular flexibility index (Phi) is 13.3. The van der Waals surface area contributed by atoms with E-state index in [9.17, 15) is 33.9 Å². The predicted octanol–water partition coefficient (Wildman–Crippen LogP) is -5.36. The standard InChI is InChI=1S/C18H32N8O9/c1-7(27)13(20)16(33)24-8(3-2-4-23-18(21)22)14(31)25-9(6-12(29)30)15(32)26-10(17(34)35)5-11(19)28/h7-10,13,27H,2-6,20H2,1H3,(H2,19,28)(H,24,33)(H,25,31)(H,26,32)(H,29,30)(H,34,35)(H4,21,22,23). The lowest BCUT2D eigenvalue weighted by atomic mass is 10.1. The summed E-state index contributed by atoms with van der Waals surface area (Å²) >= 11 is 0. The van der Waals surface area contributed by atoms with Crippen LogP contribution in [0.1, 0.15) is 32.6 Å². The predicted molar refractivity (Wildman–Crippen MR) is 119 cm³/mol. The lowest BCUT2D eigenvalue weighted by molar-refractivity contribution is -0.145. The number of aliphatic hydroxyl groups excluding tert-OH is 1. The molecule has 0 spiro atoms. The van der Waals surface area contributed by atoms with Gasteiger partial charge in [-0.3, -0.25) is 29.0 Å². The zero-order chi connectivity index (χ0) is 27.3. The molecule has 0 fully saturated rings. The number of nitrogens with one attached hydrogen (secondary N) is 3. The second-order valence-corrected chi connectivity index (χ2v) is 7.51. The summed E-state index contributed by atoms with van der Waals surface area (Å²) in [6.07, 6.45) is -2.92. The van der Waals surface area contributed by atoms with E-state index in [-0.39, 0.29) is 25.3 Å². The largest absolute Gasteiger partial charge is 0.481 e. The number of aliphatic hydroxyl groups is 1. The van der Waals surface area contributed by atoms with Crippen LogP contribution in [0.25, 0.3) is 0 Å². The number of carboxylic acids is 2. The molecule has 5 atom stereocenters. The van der Waals surface area contributed by atoms with Crippen molar-refractivity contribution >= 4 is 41.5 Å². The number of hydrogen-bond acceptors (Lipinski definition) is 9. The van der Waals surface area contributed by atoms with Gasteiger partial charge in [-0.1, -0.05) is 0 Å². The zero-order valence-electron chi connectivity index (χ0n) is 19.0. The number of carbonyl (C=O) groups excluding carboxylic acids is 4. The average Bonchev–Trinajstić information content (AvgIpc) is 2.72. The van der Waals surface area contributed by atoms with E-state index in [1.54, 1.807) is 0 Å². The number of nitrogens with two attached hydrogens (primary N) is 4. The molecule has 0 aromatic heterocycles. The highest BCUT2D eigenvalue weighted by Gasteiger charge is 2.32. The summed E-state index contributed by atoms with van der Waals surface area (Å²) in [5.41, 5.74) is 20.9. The first-order valence-electron chi connectivity index (χ1n) is 10.3. The van der Waals surface area contributed by atoms with Gasteiger partial charge in [0.25, 0.3) is 0 Å². The van der Waals surface area contributed by atoms with Crippen LogP contribution < -0.4 is 38.9 Å². The first-order valence-corrected chi connectivity index (χ1v) is 10.3. The Labute approximate surface area is 199 Å². The molecule has 35 heavy (non-hydrogen) atoms. The van der Waals surface area contributed by atoms with E-state index in [4.69, 9.17) is 33.1 Å². The number of aliphatic carboxylic acids is 2. The van der Waals surface area contributed by atoms with Crippen LogP contribution in [-0.4, -0.2) is 93.7 Å². The molecule has 0 aromatic rings. The van der Waals surface area contributed by atoms with Crippen molar-refractivity contribution in [2.45, 2.75) is 62.9 Å². The van der Waals surface area contributed by atoms with Crippen molar-refractivity contribution in [3.8, 4) is 0 Å². The zero-order valence-corrected chi connectivity index (χ0v) is 19.0. The van der Waals surface area contributed by atoms with Crippen LogP contribution in [0, 0.1) is 0 Å². The van der Waals surface area contributed by atoms with E-state index < -0.39 is 78.7 Å². The van der Waals surface area contributed by atoms with E-state index in [1.807, 2.05) is 5.32 Å². The lowest BCUT2D eigenvalue weighted by Crippen LogP contribution is -2.58. The fraction of sp³-hybridized carbons (Fsp3) is 0.611. The molecule has 17 heteroatoms. The first kappa shape index (κ1) is 31.0. The second kappa shape index (κ2) is 15.0. The van der Waals surface area contributed by atoms with Crippen LogP contribution in [0.5, 0.6) is 0 Å². The maximum Gasteiger partial charge on any atom is 0.326 e. The molecule has 0 heterocycles. The maximum absolute atomic E-state index is 12.8. The van der Waals surface area contributed by atoms with Gasteiger partial charge >= 0.3 is 11.9 Å². The molecule has 0 aliphatic rings. The molecule has 198 valence electrons. The van der Waals surface area contributed by atoms with Gasteiger partial charge in [-0.05, 0) is 19.8 Å². The fourth-order valence-electron chi connectivity index (χ4n) is 2.59. The van der Waals surface area contributed by atoms with Gasteiger partial charge in [0.2, 0.25) is 23.6 Å². The van der Waals surface area contributed by atoms with Gasteiger partial charge in [-0.15, -0.1) is 0 Å². The van der Waals surface area contributed by atoms with Crippen LogP contribution in [-0.2, 0) is 28.8 Å². The Morgan fingerprint density at radius 2 is 1.34 bits per heavy atom. The molecule has 5 unspecified atom stereocenters. The third kappa shape index (κ3) is 12.7. The van der Waals surface area contributed by atoms with Crippen molar-refractivity contribution in [1.29, 1.82) is 0 Å². The van der Waals surface area contributed by atoms with Crippen LogP contribution in [0.2, 0.25) is 0 Å². The average molecular weight is 505 g/mol. The minimum absolute atomic E-state index is 0.0664. The van der Waals surface area contributed by atoms with Gasteiger partial charge in [0, 0.05) is 6.54 Å². The van der Waals surface area contributed by atoms with Gasteiger partial charge in [0.05, 0.1) is 18.9 Å². The Balaban J connectivity index is 5.65. The Morgan fingerprint density at radius 3 is 1.80 bits per heavy atom. The van der Waals surface area contributed by atoms with Crippen molar-refractivity contribution in [3.05, 3.63) is 0 Å². The highest BCUT2D eigenvalue weighted by molar-refractivity contribution is 5.96. The molecule has 0 radical (unpaired) electrons. The number of nitrogens with zero attached hydrogens (tertiary/aromatic N) is 1. The number of aliphatic imine (C=N–C) groups is 1. The lowest BCUT2D eigenvalue weighted by Gasteiger charge is -2.25. The van der Waals surface area contributed by atoms with Crippen molar-refractivity contribution in [2.75, 3.05) is 6.54 Å².